The second-order valence-corrected chi connectivity index (χ2v) is 6.28. The van der Waals surface area contributed by atoms with Crippen LogP contribution in [0.15, 0.2) is 41.1 Å². The molecule has 128 valence electrons. The molecule has 1 fully saturated rings. The summed E-state index contributed by atoms with van der Waals surface area (Å²) in [5, 5.41) is 0. The molecule has 1 aromatic carbocycles. The third kappa shape index (κ3) is 3.34. The van der Waals surface area contributed by atoms with Crippen molar-refractivity contribution in [2.75, 3.05) is 33.8 Å². The van der Waals surface area contributed by atoms with Crippen molar-refractivity contribution in [2.45, 2.75) is 19.1 Å². The Kier molecular flexibility index (Phi) is 4.97. The quantitative estimate of drug-likeness (QED) is 0.860. The summed E-state index contributed by atoms with van der Waals surface area (Å²) >= 11 is 0. The topological polar surface area (TPSA) is 58.8 Å². The van der Waals surface area contributed by atoms with Gasteiger partial charge in [0.1, 0.15) is 5.76 Å². The third-order valence-electron chi connectivity index (χ3n) is 4.25. The number of aryl methyl sites for hydroxylation is 1. The van der Waals surface area contributed by atoms with Gasteiger partial charge >= 0.3 is 0 Å². The van der Waals surface area contributed by atoms with E-state index in [9.17, 15) is 4.79 Å². The second-order valence-electron chi connectivity index (χ2n) is 6.28. The number of carbonyl (C=O) groups excluding carboxylic acids is 1. The van der Waals surface area contributed by atoms with Crippen LogP contribution in [-0.4, -0.2) is 60.6 Å². The van der Waals surface area contributed by atoms with E-state index < -0.39 is 0 Å². The van der Waals surface area contributed by atoms with E-state index in [1.54, 1.807) is 6.92 Å². The van der Waals surface area contributed by atoms with E-state index in [0.29, 0.717) is 24.6 Å². The van der Waals surface area contributed by atoms with Crippen molar-refractivity contribution in [1.29, 1.82) is 0 Å². The molecule has 0 unspecified atom stereocenters. The predicted octanol–water partition coefficient (Wildman–Crippen LogP) is 2.13. The van der Waals surface area contributed by atoms with Gasteiger partial charge < -0.3 is 19.0 Å². The number of morpholine rings is 1. The number of carbonyl (C=O) groups is 1. The molecule has 6 heteroatoms. The zero-order valence-electron chi connectivity index (χ0n) is 14.3. The Bertz CT molecular complexity index is 684. The lowest BCUT2D eigenvalue weighted by molar-refractivity contribution is -0.0686. The fourth-order valence-corrected chi connectivity index (χ4v) is 3.17. The number of nitrogens with zero attached hydrogens (tertiary/aromatic N) is 3. The van der Waals surface area contributed by atoms with Crippen molar-refractivity contribution in [2.24, 2.45) is 0 Å². The van der Waals surface area contributed by atoms with Crippen LogP contribution in [0.3, 0.4) is 0 Å². The van der Waals surface area contributed by atoms with Gasteiger partial charge in [0.05, 0.1) is 18.8 Å². The molecule has 24 heavy (non-hydrogen) atoms. The fraction of sp³-hybridized carbons (Fsp3) is 0.444. The maximum atomic E-state index is 13.0. The van der Waals surface area contributed by atoms with Gasteiger partial charge in [-0.1, -0.05) is 30.3 Å². The standard InChI is InChI=1S/C18H23N3O3/c1-13-16(19-12-24-13)18(22)21-9-10-23-15(11-20(2)3)17(21)14-7-5-4-6-8-14/h4-8,12,15,17H,9-11H2,1-3H3/t15-,17-/m0/s1. The molecule has 3 rings (SSSR count). The van der Waals surface area contributed by atoms with E-state index >= 15 is 0 Å². The molecule has 0 saturated carbocycles. The second kappa shape index (κ2) is 7.15. The summed E-state index contributed by atoms with van der Waals surface area (Å²) in [5.74, 6) is 0.435. The van der Waals surface area contributed by atoms with E-state index in [4.69, 9.17) is 9.15 Å². The number of rotatable bonds is 4. The minimum absolute atomic E-state index is 0.0905. The number of hydrogen-bond donors (Lipinski definition) is 0. The lowest BCUT2D eigenvalue weighted by atomic mass is 9.97. The maximum absolute atomic E-state index is 13.0. The van der Waals surface area contributed by atoms with Crippen molar-refractivity contribution >= 4 is 5.91 Å². The van der Waals surface area contributed by atoms with Crippen LogP contribution in [0, 0.1) is 6.92 Å². The first kappa shape index (κ1) is 16.7. The monoisotopic (exact) mass is 329 g/mol. The number of aromatic nitrogens is 1. The zero-order chi connectivity index (χ0) is 17.1. The first-order chi connectivity index (χ1) is 11.6. The Morgan fingerprint density at radius 3 is 2.71 bits per heavy atom. The highest BCUT2D eigenvalue weighted by Crippen LogP contribution is 2.31. The molecule has 0 N–H and O–H groups in total. The Morgan fingerprint density at radius 1 is 1.33 bits per heavy atom. The summed E-state index contributed by atoms with van der Waals surface area (Å²) in [6.45, 7) is 3.55. The molecule has 2 aromatic rings. The molecule has 6 nitrogen and oxygen atoms in total. The molecule has 0 aliphatic carbocycles. The Hall–Kier alpha value is -2.18. The third-order valence-corrected chi connectivity index (χ3v) is 4.25. The van der Waals surface area contributed by atoms with Gasteiger partial charge in [0.15, 0.2) is 12.1 Å². The summed E-state index contributed by atoms with van der Waals surface area (Å²) in [7, 11) is 4.02. The number of oxazole rings is 1. The van der Waals surface area contributed by atoms with Gasteiger partial charge in [-0.15, -0.1) is 0 Å². The number of likely N-dealkylation sites (N-methyl/N-ethyl adjacent to an activating group) is 1. The first-order valence-corrected chi connectivity index (χ1v) is 8.10. The van der Waals surface area contributed by atoms with E-state index in [1.807, 2.05) is 49.3 Å². The van der Waals surface area contributed by atoms with E-state index in [2.05, 4.69) is 9.88 Å². The molecule has 1 saturated heterocycles. The van der Waals surface area contributed by atoms with Gasteiger partial charge in [-0.25, -0.2) is 4.98 Å². The smallest absolute Gasteiger partial charge is 0.276 e. The van der Waals surface area contributed by atoms with Crippen LogP contribution in [-0.2, 0) is 4.74 Å². The average molecular weight is 329 g/mol. The molecule has 2 heterocycles. The van der Waals surface area contributed by atoms with Gasteiger partial charge in [0, 0.05) is 13.1 Å². The van der Waals surface area contributed by atoms with Crippen molar-refractivity contribution in [1.82, 2.24) is 14.8 Å². The fourth-order valence-electron chi connectivity index (χ4n) is 3.17. The molecule has 0 radical (unpaired) electrons. The molecular formula is C18H23N3O3. The number of benzene rings is 1. The largest absolute Gasteiger partial charge is 0.448 e. The minimum Gasteiger partial charge on any atom is -0.448 e. The van der Waals surface area contributed by atoms with Crippen LogP contribution < -0.4 is 0 Å². The molecule has 1 aliphatic heterocycles. The van der Waals surface area contributed by atoms with E-state index in [0.717, 1.165) is 12.1 Å². The van der Waals surface area contributed by atoms with Crippen molar-refractivity contribution < 1.29 is 13.9 Å². The summed E-state index contributed by atoms with van der Waals surface area (Å²) in [6, 6.07) is 9.88. The van der Waals surface area contributed by atoms with E-state index in [-0.39, 0.29) is 18.1 Å². The number of ether oxygens (including phenoxy) is 1. The molecule has 2 atom stereocenters. The number of hydrogen-bond acceptors (Lipinski definition) is 5. The van der Waals surface area contributed by atoms with Crippen LogP contribution in [0.2, 0.25) is 0 Å². The van der Waals surface area contributed by atoms with Crippen LogP contribution in [0.1, 0.15) is 27.9 Å². The number of amides is 1. The zero-order valence-corrected chi connectivity index (χ0v) is 14.3. The van der Waals surface area contributed by atoms with Crippen molar-refractivity contribution in [3.8, 4) is 0 Å². The minimum atomic E-state index is -0.147. The van der Waals surface area contributed by atoms with Crippen molar-refractivity contribution in [3.63, 3.8) is 0 Å². The van der Waals surface area contributed by atoms with Crippen LogP contribution in [0.5, 0.6) is 0 Å². The Labute approximate surface area is 142 Å². The van der Waals surface area contributed by atoms with Gasteiger partial charge in [-0.2, -0.15) is 0 Å². The first-order valence-electron chi connectivity index (χ1n) is 8.10. The lowest BCUT2D eigenvalue weighted by Gasteiger charge is -2.42. The lowest BCUT2D eigenvalue weighted by Crippen LogP contribution is -2.51. The average Bonchev–Trinajstić information content (AvgIpc) is 3.00. The summed E-state index contributed by atoms with van der Waals surface area (Å²) in [4.78, 5) is 21.1. The molecule has 0 spiro atoms. The molecule has 1 amide bonds. The predicted molar refractivity (Wildman–Crippen MR) is 89.8 cm³/mol. The highest BCUT2D eigenvalue weighted by Gasteiger charge is 2.38. The van der Waals surface area contributed by atoms with Gasteiger partial charge in [-0.3, -0.25) is 4.79 Å². The molecule has 1 aromatic heterocycles. The Balaban J connectivity index is 1.96. The highest BCUT2D eigenvalue weighted by atomic mass is 16.5. The van der Waals surface area contributed by atoms with Gasteiger partial charge in [-0.05, 0) is 26.6 Å². The van der Waals surface area contributed by atoms with Crippen molar-refractivity contribution in [3.05, 3.63) is 53.7 Å². The van der Waals surface area contributed by atoms with E-state index in [1.165, 1.54) is 6.39 Å². The van der Waals surface area contributed by atoms with Crippen LogP contribution >= 0.6 is 0 Å². The van der Waals surface area contributed by atoms with Crippen LogP contribution in [0.25, 0.3) is 0 Å². The van der Waals surface area contributed by atoms with Gasteiger partial charge in [0.2, 0.25) is 0 Å². The normalized spacial score (nSPS) is 21.2. The molecular weight excluding hydrogens is 306 g/mol. The Morgan fingerprint density at radius 2 is 2.08 bits per heavy atom. The van der Waals surface area contributed by atoms with Crippen LogP contribution in [0.4, 0.5) is 0 Å². The highest BCUT2D eigenvalue weighted by molar-refractivity contribution is 5.93. The summed E-state index contributed by atoms with van der Waals surface area (Å²) in [5.41, 5.74) is 1.44. The SMILES string of the molecule is Cc1ocnc1C(=O)N1CCO[C@@H](CN(C)C)[C@@H]1c1ccccc1. The summed E-state index contributed by atoms with van der Waals surface area (Å²) in [6.07, 6.45) is 1.23. The molecule has 1 aliphatic rings. The maximum Gasteiger partial charge on any atom is 0.276 e. The van der Waals surface area contributed by atoms with Gasteiger partial charge in [0.25, 0.3) is 5.91 Å². The molecule has 0 bridgehead atoms. The summed E-state index contributed by atoms with van der Waals surface area (Å²) < 4.78 is 11.2.